The van der Waals surface area contributed by atoms with Gasteiger partial charge in [-0.25, -0.2) is 0 Å². The van der Waals surface area contributed by atoms with Crippen molar-refractivity contribution in [1.29, 1.82) is 0 Å². The van der Waals surface area contributed by atoms with Crippen LogP contribution in [0.5, 0.6) is 0 Å². The van der Waals surface area contributed by atoms with Crippen molar-refractivity contribution in [1.82, 2.24) is 0 Å². The van der Waals surface area contributed by atoms with Crippen LogP contribution in [0.1, 0.15) is 0 Å². The summed E-state index contributed by atoms with van der Waals surface area (Å²) in [6.45, 7) is 0. The molecule has 0 nitrogen and oxygen atoms in total. The average Bonchev–Trinajstić information content (AvgIpc) is 2.86. The van der Waals surface area contributed by atoms with Gasteiger partial charge in [0.05, 0.1) is 15.6 Å². The highest BCUT2D eigenvalue weighted by Gasteiger charge is 2.27. The summed E-state index contributed by atoms with van der Waals surface area (Å²) in [5, 5.41) is 1.86. The quantitative estimate of drug-likeness (QED) is 0.195. The Balaban J connectivity index is 1.66. The first kappa shape index (κ1) is 23.1. The maximum Gasteiger partial charge on any atom is 0.0621 e. The van der Waals surface area contributed by atoms with E-state index in [1.54, 1.807) is 0 Å². The molecule has 0 aliphatic heterocycles. The van der Waals surface area contributed by atoms with Gasteiger partial charge >= 0.3 is 0 Å². The molecule has 0 fully saturated rings. The summed E-state index contributed by atoms with van der Waals surface area (Å²) in [5.74, 6) is 0. The smallest absolute Gasteiger partial charge is 0.0621 e. The topological polar surface area (TPSA) is 0 Å². The standard InChI is InChI=1S/C25H22P2S4/c28-26(22-13-5-1-6-14-22,23-15-7-2-8-16-23)30-21-31-27(29,24-17-9-3-10-18-24)25-19-11-4-12-20-25/h1-20H,21H2. The van der Waals surface area contributed by atoms with Crippen molar-refractivity contribution in [3.05, 3.63) is 121 Å². The van der Waals surface area contributed by atoms with Crippen molar-refractivity contribution < 1.29 is 0 Å². The molecular weight excluding hydrogens is 490 g/mol. The highest BCUT2D eigenvalue weighted by molar-refractivity contribution is 8.82. The molecule has 0 unspecified atom stereocenters. The molecular formula is C25H22P2S4. The fourth-order valence-corrected chi connectivity index (χ4v) is 19.5. The molecule has 0 aromatic heterocycles. The number of rotatable bonds is 8. The van der Waals surface area contributed by atoms with Crippen molar-refractivity contribution in [2.24, 2.45) is 0 Å². The summed E-state index contributed by atoms with van der Waals surface area (Å²) < 4.78 is 0. The van der Waals surface area contributed by atoms with Crippen LogP contribution in [0, 0.1) is 0 Å². The van der Waals surface area contributed by atoms with Crippen LogP contribution in [0.2, 0.25) is 0 Å². The van der Waals surface area contributed by atoms with Gasteiger partial charge in [0, 0.05) is 0 Å². The summed E-state index contributed by atoms with van der Waals surface area (Å²) in [6.07, 6.45) is 0. The highest BCUT2D eigenvalue weighted by Crippen LogP contribution is 2.64. The van der Waals surface area contributed by atoms with E-state index >= 15 is 0 Å². The Hall–Kier alpha value is -1.12. The third-order valence-corrected chi connectivity index (χ3v) is 21.4. The maximum absolute atomic E-state index is 6.40. The lowest BCUT2D eigenvalue weighted by atomic mass is 10.4. The van der Waals surface area contributed by atoms with Crippen LogP contribution < -0.4 is 21.2 Å². The first-order valence-corrected chi connectivity index (χ1v) is 18.6. The van der Waals surface area contributed by atoms with Crippen LogP contribution in [-0.2, 0) is 23.6 Å². The van der Waals surface area contributed by atoms with Gasteiger partial charge in [-0.05, 0) is 21.2 Å². The second-order valence-electron chi connectivity index (χ2n) is 6.82. The van der Waals surface area contributed by atoms with Crippen molar-refractivity contribution >= 4 is 78.1 Å². The first-order valence-electron chi connectivity index (χ1n) is 9.84. The molecule has 0 amide bonds. The van der Waals surface area contributed by atoms with Crippen molar-refractivity contribution in [2.75, 3.05) is 5.08 Å². The Morgan fingerprint density at radius 3 is 0.871 bits per heavy atom. The van der Waals surface area contributed by atoms with Crippen molar-refractivity contribution in [2.45, 2.75) is 0 Å². The van der Waals surface area contributed by atoms with Crippen molar-refractivity contribution in [3.8, 4) is 0 Å². The molecule has 0 saturated heterocycles. The minimum atomic E-state index is -1.99. The van der Waals surface area contributed by atoms with Crippen LogP contribution in [-0.4, -0.2) is 5.08 Å². The number of hydrogen-bond acceptors (Lipinski definition) is 4. The normalized spacial score (nSPS) is 11.9. The molecule has 0 radical (unpaired) electrons. The summed E-state index contributed by atoms with van der Waals surface area (Å²) >= 11 is 16.6. The van der Waals surface area contributed by atoms with Crippen molar-refractivity contribution in [3.63, 3.8) is 0 Å². The van der Waals surface area contributed by atoms with Gasteiger partial charge in [0.1, 0.15) is 0 Å². The fraction of sp³-hybridized carbons (Fsp3) is 0.0400. The molecule has 0 N–H and O–H groups in total. The van der Waals surface area contributed by atoms with Gasteiger partial charge in [-0.2, -0.15) is 0 Å². The third-order valence-electron chi connectivity index (χ3n) is 4.85. The first-order chi connectivity index (χ1) is 15.1. The van der Waals surface area contributed by atoms with E-state index in [4.69, 9.17) is 23.6 Å². The van der Waals surface area contributed by atoms with E-state index in [1.165, 1.54) is 21.2 Å². The lowest BCUT2D eigenvalue weighted by Gasteiger charge is -2.26. The molecule has 6 heteroatoms. The van der Waals surface area contributed by atoms with E-state index < -0.39 is 10.5 Å². The minimum Gasteiger partial charge on any atom is -0.104 e. The van der Waals surface area contributed by atoms with Crippen LogP contribution in [0.4, 0.5) is 0 Å². The Bertz CT molecular complexity index is 1010. The highest BCUT2D eigenvalue weighted by atomic mass is 32.9. The minimum absolute atomic E-state index is 0.863. The van der Waals surface area contributed by atoms with Crippen LogP contribution in [0.3, 0.4) is 0 Å². The van der Waals surface area contributed by atoms with Crippen LogP contribution in [0.25, 0.3) is 0 Å². The molecule has 4 aromatic rings. The molecule has 0 heterocycles. The van der Waals surface area contributed by atoms with Gasteiger partial charge in [0.25, 0.3) is 0 Å². The van der Waals surface area contributed by atoms with E-state index in [0.717, 1.165) is 5.08 Å². The molecule has 4 aromatic carbocycles. The summed E-state index contributed by atoms with van der Waals surface area (Å²) in [4.78, 5) is 0. The van der Waals surface area contributed by atoms with Gasteiger partial charge in [-0.15, -0.1) is 22.8 Å². The van der Waals surface area contributed by atoms with Gasteiger partial charge in [0.2, 0.25) is 0 Å². The van der Waals surface area contributed by atoms with E-state index in [1.807, 2.05) is 22.8 Å². The monoisotopic (exact) mass is 512 g/mol. The second kappa shape index (κ2) is 10.7. The van der Waals surface area contributed by atoms with Gasteiger partial charge in [-0.3, -0.25) is 0 Å². The summed E-state index contributed by atoms with van der Waals surface area (Å²) in [6, 6.07) is 42.3. The fourth-order valence-electron chi connectivity index (χ4n) is 3.27. The number of hydrogen-bond donors (Lipinski definition) is 0. The average molecular weight is 513 g/mol. The molecule has 4 rings (SSSR count). The molecule has 0 saturated carbocycles. The zero-order valence-corrected chi connectivity index (χ0v) is 21.8. The Kier molecular flexibility index (Phi) is 7.93. The number of benzene rings is 4. The molecule has 0 bridgehead atoms. The Morgan fingerprint density at radius 2 is 0.645 bits per heavy atom. The second-order valence-corrected chi connectivity index (χ2v) is 22.1. The lowest BCUT2D eigenvalue weighted by Crippen LogP contribution is -2.14. The van der Waals surface area contributed by atoms with Gasteiger partial charge < -0.3 is 0 Å². The zero-order chi connectivity index (χ0) is 21.6. The Labute approximate surface area is 203 Å². The van der Waals surface area contributed by atoms with Crippen LogP contribution in [0.15, 0.2) is 121 Å². The molecule has 0 aliphatic rings. The zero-order valence-electron chi connectivity index (χ0n) is 16.8. The predicted molar refractivity (Wildman–Crippen MR) is 153 cm³/mol. The predicted octanol–water partition coefficient (Wildman–Crippen LogP) is 6.50. The van der Waals surface area contributed by atoms with E-state index in [2.05, 4.69) is 121 Å². The largest absolute Gasteiger partial charge is 0.104 e. The van der Waals surface area contributed by atoms with E-state index in [9.17, 15) is 0 Å². The molecule has 0 spiro atoms. The van der Waals surface area contributed by atoms with Crippen LogP contribution >= 0.6 is 33.2 Å². The lowest BCUT2D eigenvalue weighted by molar-refractivity contribution is 1.76. The Morgan fingerprint density at radius 1 is 0.419 bits per heavy atom. The SMILES string of the molecule is S=P(SCSP(=S)(c1ccccc1)c1ccccc1)(c1ccccc1)c1ccccc1. The summed E-state index contributed by atoms with van der Waals surface area (Å²) in [5.41, 5.74) is 0. The molecule has 0 aliphatic carbocycles. The molecule has 156 valence electrons. The van der Waals surface area contributed by atoms with Gasteiger partial charge in [-0.1, -0.05) is 145 Å². The maximum atomic E-state index is 6.40. The summed E-state index contributed by atoms with van der Waals surface area (Å²) in [7, 11) is 0. The van der Waals surface area contributed by atoms with E-state index in [0.29, 0.717) is 0 Å². The third kappa shape index (κ3) is 5.28. The molecule has 31 heavy (non-hydrogen) atoms. The van der Waals surface area contributed by atoms with E-state index in [-0.39, 0.29) is 0 Å². The van der Waals surface area contributed by atoms with Gasteiger partial charge in [0.15, 0.2) is 0 Å². The molecule has 0 atom stereocenters.